The largest absolute Gasteiger partial charge is 0.326 e. The summed E-state index contributed by atoms with van der Waals surface area (Å²) >= 11 is 1.56. The third-order valence-electron chi connectivity index (χ3n) is 4.93. The second-order valence-corrected chi connectivity index (χ2v) is 9.60. The number of carbonyl (C=O) groups excluding carboxylic acids is 1. The van der Waals surface area contributed by atoms with Crippen LogP contribution in [0.4, 0.5) is 5.69 Å². The van der Waals surface area contributed by atoms with Crippen LogP contribution in [0.3, 0.4) is 0 Å². The van der Waals surface area contributed by atoms with Crippen molar-refractivity contribution in [1.29, 1.82) is 0 Å². The fourth-order valence-electron chi connectivity index (χ4n) is 3.31. The number of hydrogen-bond acceptors (Lipinski definition) is 6. The summed E-state index contributed by atoms with van der Waals surface area (Å²) in [4.78, 5) is 20.9. The summed E-state index contributed by atoms with van der Waals surface area (Å²) in [5.41, 5.74) is 1.73. The molecule has 0 bridgehead atoms. The van der Waals surface area contributed by atoms with Crippen molar-refractivity contribution in [2.45, 2.75) is 17.7 Å². The average Bonchev–Trinajstić information content (AvgIpc) is 3.30. The van der Waals surface area contributed by atoms with Crippen LogP contribution >= 0.6 is 11.3 Å². The number of aromatic nitrogens is 2. The van der Waals surface area contributed by atoms with Crippen LogP contribution < -0.4 is 5.32 Å². The Morgan fingerprint density at radius 3 is 2.48 bits per heavy atom. The molecule has 2 aromatic heterocycles. The van der Waals surface area contributed by atoms with Crippen molar-refractivity contribution in [3.63, 3.8) is 0 Å². The molecule has 0 saturated carbocycles. The Morgan fingerprint density at radius 2 is 1.86 bits per heavy atom. The molecule has 9 heteroatoms. The van der Waals surface area contributed by atoms with Gasteiger partial charge in [0.25, 0.3) is 0 Å². The van der Waals surface area contributed by atoms with Crippen LogP contribution in [-0.4, -0.2) is 41.7 Å². The highest BCUT2D eigenvalue weighted by molar-refractivity contribution is 7.89. The predicted molar refractivity (Wildman–Crippen MR) is 112 cm³/mol. The number of piperidine rings is 1. The zero-order valence-electron chi connectivity index (χ0n) is 15.6. The monoisotopic (exact) mass is 428 g/mol. The van der Waals surface area contributed by atoms with Crippen molar-refractivity contribution in [2.75, 3.05) is 18.4 Å². The van der Waals surface area contributed by atoms with Gasteiger partial charge >= 0.3 is 0 Å². The quantitative estimate of drug-likeness (QED) is 0.673. The second kappa shape index (κ2) is 8.40. The Labute approximate surface area is 173 Å². The van der Waals surface area contributed by atoms with Crippen LogP contribution in [0.15, 0.2) is 65.3 Å². The van der Waals surface area contributed by atoms with Crippen molar-refractivity contribution in [2.24, 2.45) is 5.92 Å². The van der Waals surface area contributed by atoms with Crippen molar-refractivity contribution in [3.8, 4) is 10.6 Å². The summed E-state index contributed by atoms with van der Waals surface area (Å²) in [6.45, 7) is 0.636. The van der Waals surface area contributed by atoms with Crippen molar-refractivity contribution in [1.82, 2.24) is 14.3 Å². The summed E-state index contributed by atoms with van der Waals surface area (Å²) in [5, 5.41) is 5.79. The molecular weight excluding hydrogens is 408 g/mol. The van der Waals surface area contributed by atoms with Gasteiger partial charge in [-0.1, -0.05) is 0 Å². The minimum atomic E-state index is -3.56. The maximum Gasteiger partial charge on any atom is 0.244 e. The van der Waals surface area contributed by atoms with E-state index >= 15 is 0 Å². The molecule has 0 atom stereocenters. The van der Waals surface area contributed by atoms with E-state index in [4.69, 9.17) is 0 Å². The molecule has 1 aromatic carbocycles. The van der Waals surface area contributed by atoms with Gasteiger partial charge < -0.3 is 5.32 Å². The lowest BCUT2D eigenvalue weighted by Crippen LogP contribution is -2.41. The van der Waals surface area contributed by atoms with Crippen molar-refractivity contribution < 1.29 is 13.2 Å². The van der Waals surface area contributed by atoms with Gasteiger partial charge in [0, 0.05) is 54.2 Å². The molecular formula is C20H20N4O3S2. The maximum absolute atomic E-state index is 12.7. The van der Waals surface area contributed by atoms with Crippen molar-refractivity contribution >= 4 is 33.0 Å². The zero-order chi connectivity index (χ0) is 20.3. The first kappa shape index (κ1) is 19.7. The van der Waals surface area contributed by atoms with Gasteiger partial charge in [-0.2, -0.15) is 4.31 Å². The summed E-state index contributed by atoms with van der Waals surface area (Å²) in [5.74, 6) is -0.292. The fraction of sp³-hybridized carbons (Fsp3) is 0.250. The molecule has 0 aliphatic carbocycles. The number of amides is 1. The highest BCUT2D eigenvalue weighted by Gasteiger charge is 2.32. The van der Waals surface area contributed by atoms with Gasteiger partial charge in [0.2, 0.25) is 15.9 Å². The van der Waals surface area contributed by atoms with E-state index in [9.17, 15) is 13.2 Å². The van der Waals surface area contributed by atoms with Crippen LogP contribution in [-0.2, 0) is 14.8 Å². The molecule has 1 aliphatic heterocycles. The first-order valence-corrected chi connectivity index (χ1v) is 11.6. The number of hydrogen-bond donors (Lipinski definition) is 1. The van der Waals surface area contributed by atoms with E-state index in [0.29, 0.717) is 25.9 Å². The Morgan fingerprint density at radius 1 is 1.10 bits per heavy atom. The molecule has 1 N–H and O–H groups in total. The van der Waals surface area contributed by atoms with Crippen molar-refractivity contribution in [3.05, 3.63) is 60.4 Å². The van der Waals surface area contributed by atoms with Gasteiger partial charge in [0.15, 0.2) is 0 Å². The molecule has 3 aromatic rings. The first-order chi connectivity index (χ1) is 14.0. The summed E-state index contributed by atoms with van der Waals surface area (Å²) < 4.78 is 26.8. The number of benzene rings is 1. The lowest BCUT2D eigenvalue weighted by molar-refractivity contribution is -0.120. The molecule has 0 spiro atoms. The number of thiazole rings is 1. The Balaban J connectivity index is 1.34. The zero-order valence-corrected chi connectivity index (χ0v) is 17.2. The number of anilines is 1. The van der Waals surface area contributed by atoms with Gasteiger partial charge in [0.05, 0.1) is 0 Å². The van der Waals surface area contributed by atoms with Gasteiger partial charge in [-0.15, -0.1) is 11.3 Å². The number of carbonyl (C=O) groups is 1. The highest BCUT2D eigenvalue weighted by atomic mass is 32.2. The topological polar surface area (TPSA) is 92.3 Å². The first-order valence-electron chi connectivity index (χ1n) is 9.25. The highest BCUT2D eigenvalue weighted by Crippen LogP contribution is 2.26. The molecule has 0 unspecified atom stereocenters. The normalized spacial score (nSPS) is 15.9. The van der Waals surface area contributed by atoms with Crippen LogP contribution in [0.25, 0.3) is 10.6 Å². The van der Waals surface area contributed by atoms with E-state index in [0.717, 1.165) is 16.3 Å². The Hall–Kier alpha value is -2.62. The summed E-state index contributed by atoms with van der Waals surface area (Å²) in [6.07, 6.45) is 5.63. The smallest absolute Gasteiger partial charge is 0.244 e. The predicted octanol–water partition coefficient (Wildman–Crippen LogP) is 3.24. The molecule has 150 valence electrons. The van der Waals surface area contributed by atoms with Crippen LogP contribution in [0.5, 0.6) is 0 Å². The number of pyridine rings is 1. The third-order valence-corrected chi connectivity index (χ3v) is 7.63. The van der Waals surface area contributed by atoms with Crippen LogP contribution in [0, 0.1) is 5.92 Å². The summed E-state index contributed by atoms with van der Waals surface area (Å²) in [6, 6.07) is 10.7. The minimum absolute atomic E-state index is 0.0783. The third kappa shape index (κ3) is 4.36. The van der Waals surface area contributed by atoms with Gasteiger partial charge in [-0.25, -0.2) is 13.4 Å². The SMILES string of the molecule is O=C(Nc1ccc(-c2nccs2)cc1)C1CCN(S(=O)(=O)c2cccnc2)CC1. The standard InChI is InChI=1S/C20H20N4O3S2/c25-19(23-17-5-3-16(4-6-17)20-22-10-13-28-20)15-7-11-24(12-8-15)29(26,27)18-2-1-9-21-14-18/h1-6,9-10,13-15H,7-8,11-12H2,(H,23,25). The summed E-state index contributed by atoms with van der Waals surface area (Å²) in [7, 11) is -3.56. The minimum Gasteiger partial charge on any atom is -0.326 e. The molecule has 0 radical (unpaired) electrons. The number of nitrogens with zero attached hydrogens (tertiary/aromatic N) is 3. The fourth-order valence-corrected chi connectivity index (χ4v) is 5.39. The van der Waals surface area contributed by atoms with Gasteiger partial charge in [-0.3, -0.25) is 9.78 Å². The van der Waals surface area contributed by atoms with E-state index < -0.39 is 10.0 Å². The molecule has 1 aliphatic rings. The van der Waals surface area contributed by atoms with Gasteiger partial charge in [0.1, 0.15) is 9.90 Å². The average molecular weight is 429 g/mol. The lowest BCUT2D eigenvalue weighted by atomic mass is 9.97. The maximum atomic E-state index is 12.7. The van der Waals surface area contributed by atoms with E-state index in [2.05, 4.69) is 15.3 Å². The van der Waals surface area contributed by atoms with Gasteiger partial charge in [-0.05, 0) is 49.2 Å². The molecule has 7 nitrogen and oxygen atoms in total. The lowest BCUT2D eigenvalue weighted by Gasteiger charge is -2.30. The molecule has 1 saturated heterocycles. The van der Waals surface area contributed by atoms with E-state index in [-0.39, 0.29) is 16.7 Å². The second-order valence-electron chi connectivity index (χ2n) is 6.77. The molecule has 3 heterocycles. The number of rotatable bonds is 5. The Bertz CT molecular complexity index is 1060. The van der Waals surface area contributed by atoms with E-state index in [1.807, 2.05) is 29.6 Å². The Kier molecular flexibility index (Phi) is 5.70. The number of sulfonamides is 1. The van der Waals surface area contributed by atoms with Crippen LogP contribution in [0.2, 0.25) is 0 Å². The molecule has 1 amide bonds. The molecule has 4 rings (SSSR count). The number of nitrogens with one attached hydrogen (secondary N) is 1. The van der Waals surface area contributed by atoms with E-state index in [1.54, 1.807) is 29.8 Å². The van der Waals surface area contributed by atoms with Crippen LogP contribution in [0.1, 0.15) is 12.8 Å². The molecule has 29 heavy (non-hydrogen) atoms. The molecule has 1 fully saturated rings. The van der Waals surface area contributed by atoms with E-state index in [1.165, 1.54) is 16.6 Å².